The van der Waals surface area contributed by atoms with Gasteiger partial charge < -0.3 is 4.90 Å². The molecule has 3 aromatic carbocycles. The van der Waals surface area contributed by atoms with Gasteiger partial charge in [0, 0.05) is 17.1 Å². The summed E-state index contributed by atoms with van der Waals surface area (Å²) in [5, 5.41) is 0. The van der Waals surface area contributed by atoms with Crippen molar-refractivity contribution in [3.63, 3.8) is 0 Å². The molecule has 0 aromatic heterocycles. The monoisotopic (exact) mass is 413 g/mol. The minimum Gasteiger partial charge on any atom is -0.311 e. The number of anilines is 3. The Bertz CT molecular complexity index is 747. The van der Waals surface area contributed by atoms with E-state index in [1.807, 2.05) is 20.8 Å². The van der Waals surface area contributed by atoms with Crippen molar-refractivity contribution >= 4 is 17.1 Å². The molecule has 3 aromatic rings. The molecule has 1 nitrogen and oxygen atoms in total. The summed E-state index contributed by atoms with van der Waals surface area (Å²) in [6, 6.07) is 26.0. The molecule has 0 unspecified atom stereocenters. The molecule has 0 bridgehead atoms. The second-order valence-corrected chi connectivity index (χ2v) is 7.07. The third kappa shape index (κ3) is 10.9. The van der Waals surface area contributed by atoms with Crippen LogP contribution in [-0.4, -0.2) is 0 Å². The summed E-state index contributed by atoms with van der Waals surface area (Å²) < 4.78 is 0. The Balaban J connectivity index is 0.000000864. The van der Waals surface area contributed by atoms with Gasteiger partial charge in [-0.1, -0.05) is 71.3 Å². The van der Waals surface area contributed by atoms with E-state index in [0.29, 0.717) is 0 Å². The van der Waals surface area contributed by atoms with E-state index in [2.05, 4.69) is 118 Å². The summed E-state index contributed by atoms with van der Waals surface area (Å²) in [5.74, 6) is 0. The Hall–Kier alpha value is -3.32. The summed E-state index contributed by atoms with van der Waals surface area (Å²) in [5.41, 5.74) is 7.36. The lowest BCUT2D eigenvalue weighted by Gasteiger charge is -2.25. The van der Waals surface area contributed by atoms with Crippen molar-refractivity contribution in [3.05, 3.63) is 127 Å². The number of hydrogen-bond donors (Lipinski definition) is 0. The first-order valence-electron chi connectivity index (χ1n) is 10.6. The molecular weight excluding hydrogens is 374 g/mol. The van der Waals surface area contributed by atoms with Crippen molar-refractivity contribution in [1.82, 2.24) is 0 Å². The first-order chi connectivity index (χ1) is 14.9. The molecule has 0 saturated heterocycles. The molecule has 0 fully saturated rings. The maximum atomic E-state index is 3.36. The first kappa shape index (κ1) is 27.7. The second kappa shape index (κ2) is 16.5. The summed E-state index contributed by atoms with van der Waals surface area (Å²) in [4.78, 5) is 2.29. The number of allylic oxidation sites excluding steroid dienone is 3. The number of benzene rings is 3. The van der Waals surface area contributed by atoms with Crippen molar-refractivity contribution in [3.8, 4) is 0 Å². The average molecular weight is 414 g/mol. The van der Waals surface area contributed by atoms with Crippen molar-refractivity contribution in [2.75, 3.05) is 4.90 Å². The predicted octanol–water partition coefficient (Wildman–Crippen LogP) is 9.66. The fourth-order valence-corrected chi connectivity index (χ4v) is 2.53. The topological polar surface area (TPSA) is 3.24 Å². The number of aryl methyl sites for hydroxylation is 3. The fraction of sp³-hybridized carbons (Fsp3) is 0.200. The SMILES string of the molecule is C=CC.C=CC.C=CC.Cc1ccc(N(c2ccc(C)cc2)c2ccc(C)cc2)cc1. The van der Waals surface area contributed by atoms with Gasteiger partial charge in [-0.25, -0.2) is 0 Å². The van der Waals surface area contributed by atoms with Crippen LogP contribution in [0.4, 0.5) is 17.1 Å². The molecule has 3 rings (SSSR count). The number of nitrogens with zero attached hydrogens (tertiary/aromatic N) is 1. The van der Waals surface area contributed by atoms with E-state index >= 15 is 0 Å². The van der Waals surface area contributed by atoms with Crippen molar-refractivity contribution in [2.24, 2.45) is 0 Å². The molecule has 0 heterocycles. The van der Waals surface area contributed by atoms with Crippen LogP contribution in [0.3, 0.4) is 0 Å². The summed E-state index contributed by atoms with van der Waals surface area (Å²) >= 11 is 0. The number of rotatable bonds is 3. The maximum Gasteiger partial charge on any atom is 0.0461 e. The molecule has 0 aliphatic heterocycles. The Morgan fingerprint density at radius 1 is 0.452 bits per heavy atom. The zero-order valence-electron chi connectivity index (χ0n) is 20.2. The quantitative estimate of drug-likeness (QED) is 0.386. The molecule has 0 N–H and O–H groups in total. The molecular formula is C30H39N. The normalized spacial score (nSPS) is 8.71. The third-order valence-corrected chi connectivity index (χ3v) is 3.88. The molecule has 0 spiro atoms. The zero-order chi connectivity index (χ0) is 23.6. The molecule has 0 saturated carbocycles. The van der Waals surface area contributed by atoms with Crippen LogP contribution in [0.1, 0.15) is 37.5 Å². The van der Waals surface area contributed by atoms with E-state index in [1.165, 1.54) is 33.8 Å². The van der Waals surface area contributed by atoms with Gasteiger partial charge in [-0.2, -0.15) is 0 Å². The van der Waals surface area contributed by atoms with Gasteiger partial charge in [0.2, 0.25) is 0 Å². The van der Waals surface area contributed by atoms with Crippen LogP contribution in [0, 0.1) is 20.8 Å². The van der Waals surface area contributed by atoms with E-state index in [-0.39, 0.29) is 0 Å². The van der Waals surface area contributed by atoms with Gasteiger partial charge in [0.25, 0.3) is 0 Å². The van der Waals surface area contributed by atoms with E-state index in [1.54, 1.807) is 18.2 Å². The number of hydrogen-bond acceptors (Lipinski definition) is 1. The van der Waals surface area contributed by atoms with Crippen LogP contribution in [0.25, 0.3) is 0 Å². The lowest BCUT2D eigenvalue weighted by atomic mass is 10.1. The lowest BCUT2D eigenvalue weighted by Crippen LogP contribution is -2.09. The molecule has 1 heteroatoms. The molecule has 0 aliphatic rings. The summed E-state index contributed by atoms with van der Waals surface area (Å²) in [6.07, 6.45) is 5.25. The van der Waals surface area contributed by atoms with Crippen LogP contribution in [0.15, 0.2) is 111 Å². The van der Waals surface area contributed by atoms with Gasteiger partial charge in [0.15, 0.2) is 0 Å². The minimum absolute atomic E-state index is 1.18. The fourth-order valence-electron chi connectivity index (χ4n) is 2.53. The van der Waals surface area contributed by atoms with Gasteiger partial charge in [0.1, 0.15) is 0 Å². The lowest BCUT2D eigenvalue weighted by molar-refractivity contribution is 1.26. The largest absolute Gasteiger partial charge is 0.311 e. The van der Waals surface area contributed by atoms with Crippen LogP contribution in [0.5, 0.6) is 0 Å². The highest BCUT2D eigenvalue weighted by molar-refractivity contribution is 5.76. The Morgan fingerprint density at radius 2 is 0.613 bits per heavy atom. The van der Waals surface area contributed by atoms with E-state index in [4.69, 9.17) is 0 Å². The highest BCUT2D eigenvalue weighted by atomic mass is 15.1. The summed E-state index contributed by atoms with van der Waals surface area (Å²) in [6.45, 7) is 22.1. The molecule has 0 aliphatic carbocycles. The Morgan fingerprint density at radius 3 is 0.774 bits per heavy atom. The van der Waals surface area contributed by atoms with Crippen LogP contribution in [-0.2, 0) is 0 Å². The van der Waals surface area contributed by atoms with Crippen LogP contribution >= 0.6 is 0 Å². The Kier molecular flexibility index (Phi) is 14.7. The van der Waals surface area contributed by atoms with Gasteiger partial charge >= 0.3 is 0 Å². The van der Waals surface area contributed by atoms with E-state index < -0.39 is 0 Å². The van der Waals surface area contributed by atoms with E-state index in [9.17, 15) is 0 Å². The smallest absolute Gasteiger partial charge is 0.0461 e. The first-order valence-corrected chi connectivity index (χ1v) is 10.6. The van der Waals surface area contributed by atoms with Crippen LogP contribution < -0.4 is 4.90 Å². The van der Waals surface area contributed by atoms with E-state index in [0.717, 1.165) is 0 Å². The second-order valence-electron chi connectivity index (χ2n) is 7.07. The zero-order valence-corrected chi connectivity index (χ0v) is 20.2. The highest BCUT2D eigenvalue weighted by Crippen LogP contribution is 2.34. The highest BCUT2D eigenvalue weighted by Gasteiger charge is 2.11. The predicted molar refractivity (Wildman–Crippen MR) is 143 cm³/mol. The third-order valence-electron chi connectivity index (χ3n) is 3.88. The average Bonchev–Trinajstić information content (AvgIpc) is 2.74. The van der Waals surface area contributed by atoms with Gasteiger partial charge in [0.05, 0.1) is 0 Å². The summed E-state index contributed by atoms with van der Waals surface area (Å²) in [7, 11) is 0. The molecule has 0 atom stereocenters. The standard InChI is InChI=1S/C21H21N.3C3H6/c1-16-4-10-19(11-5-16)22(20-12-6-17(2)7-13-20)21-14-8-18(3)9-15-21;3*1-3-2/h4-15H,1-3H3;3*3H,1H2,2H3. The molecule has 0 amide bonds. The van der Waals surface area contributed by atoms with Crippen molar-refractivity contribution in [1.29, 1.82) is 0 Å². The molecule has 31 heavy (non-hydrogen) atoms. The van der Waals surface area contributed by atoms with Crippen LogP contribution in [0.2, 0.25) is 0 Å². The Labute approximate surface area is 191 Å². The van der Waals surface area contributed by atoms with Crippen molar-refractivity contribution < 1.29 is 0 Å². The molecule has 0 radical (unpaired) electrons. The van der Waals surface area contributed by atoms with Gasteiger partial charge in [-0.3, -0.25) is 0 Å². The van der Waals surface area contributed by atoms with Crippen molar-refractivity contribution in [2.45, 2.75) is 41.5 Å². The maximum absolute atomic E-state index is 3.36. The molecule has 164 valence electrons. The van der Waals surface area contributed by atoms with Gasteiger partial charge in [-0.15, -0.1) is 19.7 Å². The minimum atomic E-state index is 1.18. The van der Waals surface area contributed by atoms with Gasteiger partial charge in [-0.05, 0) is 77.9 Å².